The van der Waals surface area contributed by atoms with E-state index in [1.807, 2.05) is 24.3 Å². The van der Waals surface area contributed by atoms with Crippen LogP contribution in [0.15, 0.2) is 24.3 Å². The number of benzene rings is 1. The molecule has 1 aliphatic carbocycles. The molecule has 0 aliphatic heterocycles. The molecule has 0 unspecified atom stereocenters. The molecule has 0 saturated heterocycles. The average Bonchev–Trinajstić information content (AvgIpc) is 2.71. The molecule has 1 aromatic carbocycles. The monoisotopic (exact) mass is 231 g/mol. The number of nitrogens with zero attached hydrogens (tertiary/aromatic N) is 1. The molecule has 0 bridgehead atoms. The predicted octanol–water partition coefficient (Wildman–Crippen LogP) is 2.54. The molecule has 3 rings (SSSR count). The summed E-state index contributed by atoms with van der Waals surface area (Å²) in [5.41, 5.74) is 2.09. The van der Waals surface area contributed by atoms with Crippen LogP contribution in [-0.4, -0.2) is 29.2 Å². The highest BCUT2D eigenvalue weighted by Gasteiger charge is 2.36. The summed E-state index contributed by atoms with van der Waals surface area (Å²) in [4.78, 5) is 7.75. The molecule has 0 atom stereocenters. The largest absolute Gasteiger partial charge is 0.376 e. The first-order valence-electron chi connectivity index (χ1n) is 6.05. The third kappa shape index (κ3) is 1.89. The second kappa shape index (κ2) is 4.04. The van der Waals surface area contributed by atoms with Crippen molar-refractivity contribution in [1.82, 2.24) is 9.97 Å². The second-order valence-electron chi connectivity index (χ2n) is 4.70. The lowest BCUT2D eigenvalue weighted by atomic mass is 9.80. The van der Waals surface area contributed by atoms with Gasteiger partial charge in [0.25, 0.3) is 0 Å². The summed E-state index contributed by atoms with van der Waals surface area (Å²) in [5, 5.41) is 3.34. The van der Waals surface area contributed by atoms with Crippen molar-refractivity contribution in [2.75, 3.05) is 19.0 Å². The lowest BCUT2D eigenvalue weighted by molar-refractivity contribution is -0.0602. The Balaban J connectivity index is 1.72. The summed E-state index contributed by atoms with van der Waals surface area (Å²) in [7, 11) is 1.79. The fraction of sp³-hybridized carbons (Fsp3) is 0.462. The molecule has 90 valence electrons. The van der Waals surface area contributed by atoms with Gasteiger partial charge in [-0.1, -0.05) is 12.1 Å². The Morgan fingerprint density at radius 2 is 2.24 bits per heavy atom. The van der Waals surface area contributed by atoms with E-state index in [1.165, 1.54) is 6.42 Å². The highest BCUT2D eigenvalue weighted by atomic mass is 16.5. The zero-order chi connectivity index (χ0) is 11.7. The number of aromatic amines is 1. The number of anilines is 1. The molecule has 2 aromatic rings. The number of nitrogens with one attached hydrogen (secondary N) is 2. The molecular formula is C13H17N3O. The molecule has 4 heteroatoms. The molecule has 2 N–H and O–H groups in total. The quantitative estimate of drug-likeness (QED) is 0.850. The van der Waals surface area contributed by atoms with E-state index in [0.29, 0.717) is 0 Å². The van der Waals surface area contributed by atoms with Crippen molar-refractivity contribution < 1.29 is 4.74 Å². The van der Waals surface area contributed by atoms with Gasteiger partial charge in [0.1, 0.15) is 0 Å². The topological polar surface area (TPSA) is 49.9 Å². The zero-order valence-corrected chi connectivity index (χ0v) is 9.99. The summed E-state index contributed by atoms with van der Waals surface area (Å²) in [5.74, 6) is 0.828. The standard InChI is InChI=1S/C13H17N3O/c1-17-13(7-4-8-13)9-14-12-15-10-5-2-3-6-11(10)16-12/h2-3,5-6H,4,7-9H2,1H3,(H2,14,15,16). The van der Waals surface area contributed by atoms with Crippen LogP contribution >= 0.6 is 0 Å². The Bertz CT molecular complexity index is 478. The summed E-state index contributed by atoms with van der Waals surface area (Å²) >= 11 is 0. The smallest absolute Gasteiger partial charge is 0.201 e. The molecule has 17 heavy (non-hydrogen) atoms. The first kappa shape index (κ1) is 10.6. The third-order valence-corrected chi connectivity index (χ3v) is 3.67. The van der Waals surface area contributed by atoms with Gasteiger partial charge >= 0.3 is 0 Å². The second-order valence-corrected chi connectivity index (χ2v) is 4.70. The number of aromatic nitrogens is 2. The van der Waals surface area contributed by atoms with Gasteiger partial charge in [0.05, 0.1) is 16.6 Å². The fourth-order valence-corrected chi connectivity index (χ4v) is 2.31. The predicted molar refractivity (Wildman–Crippen MR) is 68.2 cm³/mol. The van der Waals surface area contributed by atoms with Crippen molar-refractivity contribution in [3.8, 4) is 0 Å². The Morgan fingerprint density at radius 1 is 1.41 bits per heavy atom. The van der Waals surface area contributed by atoms with Crippen LogP contribution in [-0.2, 0) is 4.74 Å². The number of rotatable bonds is 4. The highest BCUT2D eigenvalue weighted by Crippen LogP contribution is 2.34. The number of para-hydroxylation sites is 2. The Labute approximate surface area is 100 Å². The van der Waals surface area contributed by atoms with Crippen molar-refractivity contribution in [3.63, 3.8) is 0 Å². The molecule has 0 spiro atoms. The van der Waals surface area contributed by atoms with Crippen LogP contribution in [0.3, 0.4) is 0 Å². The first-order valence-corrected chi connectivity index (χ1v) is 6.05. The number of hydrogen-bond acceptors (Lipinski definition) is 3. The minimum absolute atomic E-state index is 0.0268. The summed E-state index contributed by atoms with van der Waals surface area (Å²) in [6, 6.07) is 8.04. The van der Waals surface area contributed by atoms with Crippen LogP contribution in [0.25, 0.3) is 11.0 Å². The van der Waals surface area contributed by atoms with Gasteiger partial charge in [-0.25, -0.2) is 4.98 Å². The molecule has 4 nitrogen and oxygen atoms in total. The zero-order valence-electron chi connectivity index (χ0n) is 9.99. The Morgan fingerprint density at radius 3 is 2.88 bits per heavy atom. The molecule has 0 amide bonds. The minimum atomic E-state index is 0.0268. The minimum Gasteiger partial charge on any atom is -0.376 e. The van der Waals surface area contributed by atoms with Gasteiger partial charge < -0.3 is 15.0 Å². The number of hydrogen-bond donors (Lipinski definition) is 2. The van der Waals surface area contributed by atoms with Crippen LogP contribution in [0.4, 0.5) is 5.95 Å². The molecule has 1 aliphatic rings. The van der Waals surface area contributed by atoms with E-state index in [4.69, 9.17) is 4.74 Å². The number of H-pyrrole nitrogens is 1. The van der Waals surface area contributed by atoms with Crippen molar-refractivity contribution in [2.45, 2.75) is 24.9 Å². The molecule has 1 aromatic heterocycles. The SMILES string of the molecule is COC1(CNc2nc3ccccc3[nH]2)CCC1. The van der Waals surface area contributed by atoms with Gasteiger partial charge in [0.2, 0.25) is 5.95 Å². The van der Waals surface area contributed by atoms with Crippen LogP contribution in [0, 0.1) is 0 Å². The number of ether oxygens (including phenoxy) is 1. The van der Waals surface area contributed by atoms with E-state index in [2.05, 4.69) is 15.3 Å². The van der Waals surface area contributed by atoms with Gasteiger partial charge in [-0.2, -0.15) is 0 Å². The lowest BCUT2D eigenvalue weighted by Crippen LogP contribution is -2.45. The maximum Gasteiger partial charge on any atom is 0.201 e. The van der Waals surface area contributed by atoms with E-state index < -0.39 is 0 Å². The van der Waals surface area contributed by atoms with E-state index in [9.17, 15) is 0 Å². The van der Waals surface area contributed by atoms with Gasteiger partial charge in [-0.15, -0.1) is 0 Å². The van der Waals surface area contributed by atoms with Crippen molar-refractivity contribution >= 4 is 17.0 Å². The van der Waals surface area contributed by atoms with Crippen LogP contribution in [0.1, 0.15) is 19.3 Å². The summed E-state index contributed by atoms with van der Waals surface area (Å²) < 4.78 is 5.57. The molecule has 1 fully saturated rings. The Kier molecular flexibility index (Phi) is 2.52. The lowest BCUT2D eigenvalue weighted by Gasteiger charge is -2.40. The molecule has 1 heterocycles. The third-order valence-electron chi connectivity index (χ3n) is 3.67. The molecule has 0 radical (unpaired) electrons. The first-order chi connectivity index (χ1) is 8.31. The molecular weight excluding hydrogens is 214 g/mol. The number of methoxy groups -OCH3 is 1. The van der Waals surface area contributed by atoms with Crippen LogP contribution < -0.4 is 5.32 Å². The summed E-state index contributed by atoms with van der Waals surface area (Å²) in [6.07, 6.45) is 3.53. The normalized spacial score (nSPS) is 17.9. The van der Waals surface area contributed by atoms with Crippen molar-refractivity contribution in [3.05, 3.63) is 24.3 Å². The van der Waals surface area contributed by atoms with Gasteiger partial charge in [-0.05, 0) is 31.4 Å². The fourth-order valence-electron chi connectivity index (χ4n) is 2.31. The Hall–Kier alpha value is -1.55. The van der Waals surface area contributed by atoms with Gasteiger partial charge in [0.15, 0.2) is 0 Å². The average molecular weight is 231 g/mol. The number of fused-ring (bicyclic) bond motifs is 1. The van der Waals surface area contributed by atoms with E-state index in [1.54, 1.807) is 7.11 Å². The molecule has 1 saturated carbocycles. The number of imidazole rings is 1. The summed E-state index contributed by atoms with van der Waals surface area (Å²) in [6.45, 7) is 0.823. The van der Waals surface area contributed by atoms with Crippen molar-refractivity contribution in [1.29, 1.82) is 0 Å². The maximum absolute atomic E-state index is 5.57. The van der Waals surface area contributed by atoms with Crippen LogP contribution in [0.2, 0.25) is 0 Å². The van der Waals surface area contributed by atoms with Crippen molar-refractivity contribution in [2.24, 2.45) is 0 Å². The van der Waals surface area contributed by atoms with Gasteiger partial charge in [-0.3, -0.25) is 0 Å². The van der Waals surface area contributed by atoms with Crippen LogP contribution in [0.5, 0.6) is 0 Å². The van der Waals surface area contributed by atoms with E-state index in [-0.39, 0.29) is 5.60 Å². The maximum atomic E-state index is 5.57. The van der Waals surface area contributed by atoms with Gasteiger partial charge in [0, 0.05) is 13.7 Å². The van der Waals surface area contributed by atoms with E-state index >= 15 is 0 Å². The highest BCUT2D eigenvalue weighted by molar-refractivity contribution is 5.77. The van der Waals surface area contributed by atoms with E-state index in [0.717, 1.165) is 36.4 Å².